The number of hydrogen-bond donors (Lipinski definition) is 0. The quantitative estimate of drug-likeness (QED) is 0.740. The fourth-order valence-electron chi connectivity index (χ4n) is 1.51. The Morgan fingerprint density at radius 3 is 2.82 bits per heavy atom. The molecule has 0 N–H and O–H groups in total. The van der Waals surface area contributed by atoms with Crippen molar-refractivity contribution in [1.29, 1.82) is 0 Å². The molecule has 0 aliphatic heterocycles. The van der Waals surface area contributed by atoms with Gasteiger partial charge in [-0.2, -0.15) is 0 Å². The van der Waals surface area contributed by atoms with E-state index in [1.165, 1.54) is 6.92 Å². The van der Waals surface area contributed by atoms with E-state index >= 15 is 0 Å². The SMILES string of the molecule is CC(=O)O[C@@H](C)c1nc2ccccc2c(=O)o1. The van der Waals surface area contributed by atoms with E-state index < -0.39 is 17.7 Å². The molecule has 1 heterocycles. The molecule has 0 aliphatic rings. The van der Waals surface area contributed by atoms with Crippen LogP contribution in [0.1, 0.15) is 25.8 Å². The summed E-state index contributed by atoms with van der Waals surface area (Å²) >= 11 is 0. The van der Waals surface area contributed by atoms with Crippen molar-refractivity contribution in [3.8, 4) is 0 Å². The molecule has 17 heavy (non-hydrogen) atoms. The van der Waals surface area contributed by atoms with Crippen LogP contribution in [0.5, 0.6) is 0 Å². The lowest BCUT2D eigenvalue weighted by molar-refractivity contribution is -0.146. The summed E-state index contributed by atoms with van der Waals surface area (Å²) in [6, 6.07) is 6.84. The Morgan fingerprint density at radius 1 is 1.41 bits per heavy atom. The summed E-state index contributed by atoms with van der Waals surface area (Å²) in [6.07, 6.45) is -0.676. The summed E-state index contributed by atoms with van der Waals surface area (Å²) in [5.74, 6) is -0.348. The van der Waals surface area contributed by atoms with Crippen LogP contribution in [-0.2, 0) is 9.53 Å². The van der Waals surface area contributed by atoms with Gasteiger partial charge in [-0.25, -0.2) is 9.78 Å². The molecule has 1 aromatic heterocycles. The van der Waals surface area contributed by atoms with Gasteiger partial charge in [0, 0.05) is 6.92 Å². The first-order valence-electron chi connectivity index (χ1n) is 5.15. The molecule has 0 unspecified atom stereocenters. The van der Waals surface area contributed by atoms with Crippen LogP contribution in [0.2, 0.25) is 0 Å². The number of aromatic nitrogens is 1. The zero-order valence-corrected chi connectivity index (χ0v) is 9.47. The van der Waals surface area contributed by atoms with Crippen molar-refractivity contribution in [1.82, 2.24) is 4.98 Å². The van der Waals surface area contributed by atoms with Crippen LogP contribution in [0.4, 0.5) is 0 Å². The van der Waals surface area contributed by atoms with Crippen molar-refractivity contribution in [2.24, 2.45) is 0 Å². The van der Waals surface area contributed by atoms with Crippen LogP contribution in [0.25, 0.3) is 10.9 Å². The Kier molecular flexibility index (Phi) is 2.91. The maximum absolute atomic E-state index is 11.6. The van der Waals surface area contributed by atoms with Crippen LogP contribution in [0.15, 0.2) is 33.5 Å². The third kappa shape index (κ3) is 2.33. The van der Waals surface area contributed by atoms with Gasteiger partial charge in [-0.15, -0.1) is 0 Å². The van der Waals surface area contributed by atoms with Crippen LogP contribution in [0.3, 0.4) is 0 Å². The van der Waals surface area contributed by atoms with E-state index in [2.05, 4.69) is 4.98 Å². The fraction of sp³-hybridized carbons (Fsp3) is 0.250. The number of carbonyl (C=O) groups is 1. The van der Waals surface area contributed by atoms with Crippen molar-refractivity contribution in [2.75, 3.05) is 0 Å². The van der Waals surface area contributed by atoms with E-state index in [1.54, 1.807) is 31.2 Å². The van der Waals surface area contributed by atoms with Crippen LogP contribution in [0, 0.1) is 0 Å². The number of hydrogen-bond acceptors (Lipinski definition) is 5. The summed E-state index contributed by atoms with van der Waals surface area (Å²) in [6.45, 7) is 2.89. The molecule has 1 aromatic carbocycles. The highest BCUT2D eigenvalue weighted by atomic mass is 16.6. The predicted molar refractivity (Wildman–Crippen MR) is 60.5 cm³/mol. The predicted octanol–water partition coefficient (Wildman–Crippen LogP) is 1.81. The fourth-order valence-corrected chi connectivity index (χ4v) is 1.51. The number of esters is 1. The van der Waals surface area contributed by atoms with E-state index in [-0.39, 0.29) is 5.89 Å². The molecule has 5 nitrogen and oxygen atoms in total. The minimum atomic E-state index is -0.676. The number of ether oxygens (including phenoxy) is 1. The topological polar surface area (TPSA) is 69.4 Å². The van der Waals surface area contributed by atoms with Gasteiger partial charge < -0.3 is 9.15 Å². The average Bonchev–Trinajstić information content (AvgIpc) is 2.28. The molecule has 0 fully saturated rings. The number of nitrogens with zero attached hydrogens (tertiary/aromatic N) is 1. The molecular weight excluding hydrogens is 222 g/mol. The molecule has 0 bridgehead atoms. The molecule has 0 saturated heterocycles. The largest absolute Gasteiger partial charge is 0.453 e. The zero-order chi connectivity index (χ0) is 12.4. The molecule has 2 aromatic rings. The average molecular weight is 233 g/mol. The van der Waals surface area contributed by atoms with E-state index in [9.17, 15) is 9.59 Å². The summed E-state index contributed by atoms with van der Waals surface area (Å²) in [7, 11) is 0. The first kappa shape index (κ1) is 11.3. The van der Waals surface area contributed by atoms with Crippen molar-refractivity contribution >= 4 is 16.9 Å². The minimum absolute atomic E-state index is 0.101. The summed E-state index contributed by atoms with van der Waals surface area (Å²) < 4.78 is 9.92. The molecule has 0 spiro atoms. The Morgan fingerprint density at radius 2 is 2.12 bits per heavy atom. The highest BCUT2D eigenvalue weighted by Gasteiger charge is 2.15. The summed E-state index contributed by atoms with van der Waals surface area (Å²) in [4.78, 5) is 26.6. The van der Waals surface area contributed by atoms with Crippen molar-refractivity contribution < 1.29 is 13.9 Å². The second-order valence-corrected chi connectivity index (χ2v) is 3.61. The molecule has 0 amide bonds. The van der Waals surface area contributed by atoms with Crippen LogP contribution in [-0.4, -0.2) is 11.0 Å². The molecule has 1 atom stereocenters. The molecule has 2 rings (SSSR count). The number of benzene rings is 1. The molecule has 5 heteroatoms. The van der Waals surface area contributed by atoms with Gasteiger partial charge in [0.05, 0.1) is 10.9 Å². The van der Waals surface area contributed by atoms with Crippen molar-refractivity contribution in [3.05, 3.63) is 40.6 Å². The maximum atomic E-state index is 11.6. The number of carbonyl (C=O) groups excluding carboxylic acids is 1. The second kappa shape index (κ2) is 4.37. The van der Waals surface area contributed by atoms with E-state index in [0.717, 1.165) is 0 Å². The normalized spacial score (nSPS) is 12.4. The monoisotopic (exact) mass is 233 g/mol. The Labute approximate surface area is 97.0 Å². The van der Waals surface area contributed by atoms with Crippen LogP contribution >= 0.6 is 0 Å². The van der Waals surface area contributed by atoms with E-state index in [1.807, 2.05) is 0 Å². The first-order valence-corrected chi connectivity index (χ1v) is 5.15. The van der Waals surface area contributed by atoms with Gasteiger partial charge in [-0.3, -0.25) is 4.79 Å². The number of fused-ring (bicyclic) bond motifs is 1. The first-order chi connectivity index (χ1) is 8.08. The Bertz CT molecular complexity index is 617. The lowest BCUT2D eigenvalue weighted by Crippen LogP contribution is -2.11. The van der Waals surface area contributed by atoms with Gasteiger partial charge in [-0.05, 0) is 19.1 Å². The lowest BCUT2D eigenvalue weighted by Gasteiger charge is -2.09. The number of rotatable bonds is 2. The van der Waals surface area contributed by atoms with Crippen molar-refractivity contribution in [2.45, 2.75) is 20.0 Å². The smallest absolute Gasteiger partial charge is 0.346 e. The van der Waals surface area contributed by atoms with Gasteiger partial charge in [0.2, 0.25) is 5.89 Å². The van der Waals surface area contributed by atoms with Crippen molar-refractivity contribution in [3.63, 3.8) is 0 Å². The Balaban J connectivity index is 2.50. The minimum Gasteiger partial charge on any atom is -0.453 e. The van der Waals surface area contributed by atoms with Crippen LogP contribution < -0.4 is 5.63 Å². The van der Waals surface area contributed by atoms with Gasteiger partial charge in [0.15, 0.2) is 6.10 Å². The molecule has 0 radical (unpaired) electrons. The zero-order valence-electron chi connectivity index (χ0n) is 9.47. The summed E-state index contributed by atoms with van der Waals surface area (Å²) in [5.41, 5.74) is 0.0438. The van der Waals surface area contributed by atoms with Gasteiger partial charge in [0.1, 0.15) is 0 Å². The van der Waals surface area contributed by atoms with E-state index in [0.29, 0.717) is 10.9 Å². The molecule has 0 aliphatic carbocycles. The molecular formula is C12H11NO4. The van der Waals surface area contributed by atoms with E-state index in [4.69, 9.17) is 9.15 Å². The Hall–Kier alpha value is -2.17. The van der Waals surface area contributed by atoms with Gasteiger partial charge in [-0.1, -0.05) is 12.1 Å². The van der Waals surface area contributed by atoms with Gasteiger partial charge >= 0.3 is 11.6 Å². The van der Waals surface area contributed by atoms with Gasteiger partial charge in [0.25, 0.3) is 0 Å². The summed E-state index contributed by atoms with van der Waals surface area (Å²) in [5, 5.41) is 0.409. The second-order valence-electron chi connectivity index (χ2n) is 3.61. The third-order valence-electron chi connectivity index (χ3n) is 2.24. The molecule has 0 saturated carbocycles. The lowest BCUT2D eigenvalue weighted by atomic mass is 10.2. The molecule has 88 valence electrons. The highest BCUT2D eigenvalue weighted by molar-refractivity contribution is 5.76. The highest BCUT2D eigenvalue weighted by Crippen LogP contribution is 2.16. The third-order valence-corrected chi connectivity index (χ3v) is 2.24. The maximum Gasteiger partial charge on any atom is 0.346 e. The standard InChI is InChI=1S/C12H11NO4/c1-7(16-8(2)14)11-13-10-6-4-3-5-9(10)12(15)17-11/h3-7H,1-2H3/t7-/m0/s1. The number of para-hydroxylation sites is 1.